The van der Waals surface area contributed by atoms with E-state index in [9.17, 15) is 10.1 Å². The van der Waals surface area contributed by atoms with Crippen LogP contribution in [-0.4, -0.2) is 60.5 Å². The van der Waals surface area contributed by atoms with Gasteiger partial charge in [-0.25, -0.2) is 0 Å². The summed E-state index contributed by atoms with van der Waals surface area (Å²) in [6.45, 7) is 5.58. The Morgan fingerprint density at radius 3 is 2.31 bits per heavy atom. The zero-order chi connectivity index (χ0) is 18.6. The van der Waals surface area contributed by atoms with Crippen LogP contribution >= 0.6 is 0 Å². The Labute approximate surface area is 157 Å². The molecule has 5 heteroatoms. The first kappa shape index (κ1) is 18.7. The van der Waals surface area contributed by atoms with Crippen molar-refractivity contribution in [3.63, 3.8) is 0 Å². The Morgan fingerprint density at radius 1 is 1.12 bits per heavy atom. The fraction of sp³-hybridized carbons (Fsp3) is 0.619. The van der Waals surface area contributed by atoms with Crippen molar-refractivity contribution < 1.29 is 4.79 Å². The smallest absolute Gasteiger partial charge is 0.240 e. The van der Waals surface area contributed by atoms with E-state index in [2.05, 4.69) is 40.1 Å². The topological polar surface area (TPSA) is 50.6 Å². The molecule has 26 heavy (non-hydrogen) atoms. The molecule has 1 amide bonds. The minimum atomic E-state index is -0.602. The molecule has 1 heterocycles. The molecule has 1 aromatic rings. The van der Waals surface area contributed by atoms with Gasteiger partial charge < -0.3 is 9.80 Å². The number of hydrogen-bond acceptors (Lipinski definition) is 4. The summed E-state index contributed by atoms with van der Waals surface area (Å²) < 4.78 is 0. The third kappa shape index (κ3) is 3.71. The van der Waals surface area contributed by atoms with Crippen LogP contribution in [0.25, 0.3) is 0 Å². The Kier molecular flexibility index (Phi) is 5.83. The van der Waals surface area contributed by atoms with Gasteiger partial charge in [0.05, 0.1) is 12.1 Å². The van der Waals surface area contributed by atoms with Gasteiger partial charge in [0.15, 0.2) is 0 Å². The van der Waals surface area contributed by atoms with Gasteiger partial charge in [-0.15, -0.1) is 0 Å². The molecule has 1 aromatic carbocycles. The van der Waals surface area contributed by atoms with E-state index in [1.807, 2.05) is 20.0 Å². The van der Waals surface area contributed by atoms with Crippen molar-refractivity contribution >= 4 is 11.6 Å². The maximum absolute atomic E-state index is 13.1. The number of piperazine rings is 1. The number of hydrogen-bond donors (Lipinski definition) is 0. The maximum atomic E-state index is 13.1. The molecule has 2 aliphatic rings. The van der Waals surface area contributed by atoms with Gasteiger partial charge in [0, 0.05) is 38.9 Å². The lowest BCUT2D eigenvalue weighted by Gasteiger charge is -2.43. The Morgan fingerprint density at radius 2 is 1.73 bits per heavy atom. The third-order valence-electron chi connectivity index (χ3n) is 6.20. The summed E-state index contributed by atoms with van der Waals surface area (Å²) in [7, 11) is 1.83. The predicted octanol–water partition coefficient (Wildman–Crippen LogP) is 2.88. The van der Waals surface area contributed by atoms with Gasteiger partial charge >= 0.3 is 0 Å². The largest absolute Gasteiger partial charge is 0.369 e. The number of para-hydroxylation sites is 1. The number of carbonyl (C=O) groups is 1. The van der Waals surface area contributed by atoms with Crippen molar-refractivity contribution in [2.75, 3.05) is 38.1 Å². The van der Waals surface area contributed by atoms with Crippen molar-refractivity contribution in [3.8, 4) is 6.07 Å². The SMILES string of the molecule is C[C@H](C(=O)N(C)C1(C#N)CCCCC1)N1CCN(c2ccccc2)CC1. The molecule has 0 aromatic heterocycles. The molecule has 5 nitrogen and oxygen atoms in total. The minimum absolute atomic E-state index is 0.0848. The van der Waals surface area contributed by atoms with Crippen LogP contribution in [0.2, 0.25) is 0 Å². The van der Waals surface area contributed by atoms with E-state index in [1.54, 1.807) is 4.90 Å². The van der Waals surface area contributed by atoms with Crippen LogP contribution in [0, 0.1) is 11.3 Å². The van der Waals surface area contributed by atoms with Crippen molar-refractivity contribution in [1.82, 2.24) is 9.80 Å². The van der Waals surface area contributed by atoms with Gasteiger partial charge in [-0.3, -0.25) is 9.69 Å². The highest BCUT2D eigenvalue weighted by Crippen LogP contribution is 2.33. The number of likely N-dealkylation sites (N-methyl/N-ethyl adjacent to an activating group) is 1. The van der Waals surface area contributed by atoms with Gasteiger partial charge in [-0.2, -0.15) is 5.26 Å². The molecule has 1 saturated heterocycles. The zero-order valence-corrected chi connectivity index (χ0v) is 16.0. The third-order valence-corrected chi connectivity index (χ3v) is 6.20. The van der Waals surface area contributed by atoms with Gasteiger partial charge in [0.2, 0.25) is 5.91 Å². The summed E-state index contributed by atoms with van der Waals surface area (Å²) in [5.41, 5.74) is 0.643. The Hall–Kier alpha value is -2.06. The maximum Gasteiger partial charge on any atom is 0.240 e. The number of nitriles is 1. The highest BCUT2D eigenvalue weighted by Gasteiger charge is 2.41. The average Bonchev–Trinajstić information content (AvgIpc) is 2.73. The summed E-state index contributed by atoms with van der Waals surface area (Å²) in [6, 6.07) is 12.7. The zero-order valence-electron chi connectivity index (χ0n) is 16.0. The Balaban J connectivity index is 1.60. The van der Waals surface area contributed by atoms with Crippen molar-refractivity contribution in [2.24, 2.45) is 0 Å². The van der Waals surface area contributed by atoms with Crippen LogP contribution in [0.1, 0.15) is 39.0 Å². The summed E-state index contributed by atoms with van der Waals surface area (Å²) in [5, 5.41) is 9.75. The van der Waals surface area contributed by atoms with E-state index in [0.29, 0.717) is 0 Å². The second kappa shape index (κ2) is 8.09. The molecule has 0 radical (unpaired) electrons. The molecule has 0 unspecified atom stereocenters. The molecule has 1 atom stereocenters. The summed E-state index contributed by atoms with van der Waals surface area (Å²) in [5.74, 6) is 0.0848. The van der Waals surface area contributed by atoms with Crippen LogP contribution in [0.15, 0.2) is 30.3 Å². The van der Waals surface area contributed by atoms with E-state index in [4.69, 9.17) is 0 Å². The molecule has 0 spiro atoms. The van der Waals surface area contributed by atoms with Crippen molar-refractivity contribution in [1.29, 1.82) is 5.26 Å². The van der Waals surface area contributed by atoms with Gasteiger partial charge in [-0.05, 0) is 31.9 Å². The summed E-state index contributed by atoms with van der Waals surface area (Å²) >= 11 is 0. The lowest BCUT2D eigenvalue weighted by Crippen LogP contribution is -2.58. The second-order valence-corrected chi connectivity index (χ2v) is 7.64. The fourth-order valence-electron chi connectivity index (χ4n) is 4.31. The number of rotatable bonds is 4. The molecule has 1 saturated carbocycles. The van der Waals surface area contributed by atoms with E-state index >= 15 is 0 Å². The summed E-state index contributed by atoms with van der Waals surface area (Å²) in [4.78, 5) is 19.5. The normalized spacial score (nSPS) is 21.7. The Bertz CT molecular complexity index is 640. The molecular formula is C21H30N4O. The number of anilines is 1. The quantitative estimate of drug-likeness (QED) is 0.834. The fourth-order valence-corrected chi connectivity index (χ4v) is 4.31. The van der Waals surface area contributed by atoms with E-state index in [0.717, 1.165) is 51.9 Å². The predicted molar refractivity (Wildman–Crippen MR) is 104 cm³/mol. The first-order valence-electron chi connectivity index (χ1n) is 9.80. The monoisotopic (exact) mass is 354 g/mol. The van der Waals surface area contributed by atoms with Crippen molar-refractivity contribution in [2.45, 2.75) is 50.6 Å². The average molecular weight is 354 g/mol. The summed E-state index contributed by atoms with van der Waals surface area (Å²) in [6.07, 6.45) is 4.85. The van der Waals surface area contributed by atoms with Crippen LogP contribution in [0.5, 0.6) is 0 Å². The van der Waals surface area contributed by atoms with Gasteiger partial charge in [0.1, 0.15) is 5.54 Å². The van der Waals surface area contributed by atoms with E-state index in [1.165, 1.54) is 12.1 Å². The van der Waals surface area contributed by atoms with Crippen molar-refractivity contribution in [3.05, 3.63) is 30.3 Å². The standard InChI is InChI=1S/C21H30N4O/c1-18(20(26)23(2)21(17-22)11-7-4-8-12-21)24-13-15-25(16-14-24)19-9-5-3-6-10-19/h3,5-6,9-10,18H,4,7-8,11-16H2,1-2H3/t18-/m1/s1. The lowest BCUT2D eigenvalue weighted by atomic mass is 9.81. The van der Waals surface area contributed by atoms with Gasteiger partial charge in [-0.1, -0.05) is 37.5 Å². The van der Waals surface area contributed by atoms with E-state index < -0.39 is 5.54 Å². The number of amides is 1. The van der Waals surface area contributed by atoms with Crippen LogP contribution in [0.3, 0.4) is 0 Å². The van der Waals surface area contributed by atoms with Crippen LogP contribution in [-0.2, 0) is 4.79 Å². The molecular weight excluding hydrogens is 324 g/mol. The van der Waals surface area contributed by atoms with Crippen LogP contribution < -0.4 is 4.90 Å². The van der Waals surface area contributed by atoms with Crippen LogP contribution in [0.4, 0.5) is 5.69 Å². The minimum Gasteiger partial charge on any atom is -0.369 e. The molecule has 3 rings (SSSR count). The molecule has 0 N–H and O–H groups in total. The molecule has 1 aliphatic heterocycles. The second-order valence-electron chi connectivity index (χ2n) is 7.64. The molecule has 1 aliphatic carbocycles. The number of benzene rings is 1. The van der Waals surface area contributed by atoms with Gasteiger partial charge in [0.25, 0.3) is 0 Å². The first-order valence-corrected chi connectivity index (χ1v) is 9.80. The first-order chi connectivity index (χ1) is 12.6. The molecule has 2 fully saturated rings. The number of carbonyl (C=O) groups excluding carboxylic acids is 1. The van der Waals surface area contributed by atoms with E-state index in [-0.39, 0.29) is 11.9 Å². The highest BCUT2D eigenvalue weighted by atomic mass is 16.2. The number of nitrogens with zero attached hydrogens (tertiary/aromatic N) is 4. The highest BCUT2D eigenvalue weighted by molar-refractivity contribution is 5.82. The molecule has 140 valence electrons. The lowest BCUT2D eigenvalue weighted by molar-refractivity contribution is -0.140. The molecule has 0 bridgehead atoms.